The molecule has 1 amide bonds. The van der Waals surface area contributed by atoms with Crippen molar-refractivity contribution in [2.24, 2.45) is 10.1 Å². The van der Waals surface area contributed by atoms with Gasteiger partial charge in [0.05, 0.1) is 18.8 Å². The van der Waals surface area contributed by atoms with Crippen LogP contribution in [-0.4, -0.2) is 40.2 Å². The number of rotatable bonds is 8. The highest BCUT2D eigenvalue weighted by atomic mass is 32.2. The largest absolute Gasteiger partial charge is 0.493 e. The Morgan fingerprint density at radius 1 is 1.09 bits per heavy atom. The lowest BCUT2D eigenvalue weighted by Crippen LogP contribution is -2.35. The molecule has 2 aromatic rings. The average Bonchev–Trinajstić information content (AvgIpc) is 3.23. The third-order valence-electron chi connectivity index (χ3n) is 5.31. The molecule has 0 aliphatic carbocycles. The number of nitrogens with zero attached hydrogens (tertiary/aromatic N) is 3. The number of thioether (sulfide) groups is 1. The first-order valence-electron chi connectivity index (χ1n) is 10.9. The average molecular weight is 463 g/mol. The predicted molar refractivity (Wildman–Crippen MR) is 133 cm³/mol. The summed E-state index contributed by atoms with van der Waals surface area (Å²) in [6.45, 7) is 7.13. The third kappa shape index (κ3) is 5.17. The van der Waals surface area contributed by atoms with Gasteiger partial charge in [-0.25, -0.2) is 0 Å². The summed E-state index contributed by atoms with van der Waals surface area (Å²) in [6, 6.07) is 13.5. The highest BCUT2D eigenvalue weighted by molar-refractivity contribution is 8.26. The van der Waals surface area contributed by atoms with Crippen molar-refractivity contribution in [1.29, 1.82) is 5.41 Å². The number of benzene rings is 2. The van der Waals surface area contributed by atoms with E-state index in [-0.39, 0.29) is 11.4 Å². The fraction of sp³-hybridized carbons (Fsp3) is 0.280. The summed E-state index contributed by atoms with van der Waals surface area (Å²) in [7, 11) is 0. The van der Waals surface area contributed by atoms with Crippen LogP contribution in [0.1, 0.15) is 36.5 Å². The molecule has 0 radical (unpaired) electrons. The van der Waals surface area contributed by atoms with Crippen LogP contribution < -0.4 is 9.47 Å². The Morgan fingerprint density at radius 2 is 1.88 bits per heavy atom. The zero-order chi connectivity index (χ0) is 23.4. The van der Waals surface area contributed by atoms with Crippen LogP contribution in [0.2, 0.25) is 0 Å². The molecule has 0 bridgehead atoms. The Morgan fingerprint density at radius 3 is 2.67 bits per heavy atom. The second-order valence-corrected chi connectivity index (χ2v) is 8.74. The lowest BCUT2D eigenvalue weighted by Gasteiger charge is -2.20. The number of hydrogen-bond acceptors (Lipinski definition) is 6. The normalized spacial score (nSPS) is 16.6. The lowest BCUT2D eigenvalue weighted by atomic mass is 10.1. The summed E-state index contributed by atoms with van der Waals surface area (Å²) in [6.07, 6.45) is 3.08. The van der Waals surface area contributed by atoms with Crippen LogP contribution in [-0.2, 0) is 4.79 Å². The van der Waals surface area contributed by atoms with Crippen molar-refractivity contribution in [3.8, 4) is 11.5 Å². The summed E-state index contributed by atoms with van der Waals surface area (Å²) in [5.41, 5.74) is 3.35. The maximum absolute atomic E-state index is 12.6. The Hall–Kier alpha value is -3.39. The number of amidine groups is 2. The van der Waals surface area contributed by atoms with Crippen molar-refractivity contribution in [2.45, 2.75) is 33.6 Å². The Labute approximate surface area is 197 Å². The molecule has 2 aromatic carbocycles. The summed E-state index contributed by atoms with van der Waals surface area (Å²) in [5.74, 6) is 1.08. The zero-order valence-electron chi connectivity index (χ0n) is 18.9. The van der Waals surface area contributed by atoms with Crippen LogP contribution in [0.15, 0.2) is 58.1 Å². The smallest absolute Gasteiger partial charge is 0.283 e. The van der Waals surface area contributed by atoms with E-state index in [0.717, 1.165) is 17.2 Å². The van der Waals surface area contributed by atoms with Crippen LogP contribution in [0.25, 0.3) is 6.08 Å². The predicted octanol–water partition coefficient (Wildman–Crippen LogP) is 5.18. The first-order valence-corrected chi connectivity index (χ1v) is 11.7. The van der Waals surface area contributed by atoms with Gasteiger partial charge in [-0.15, -0.1) is 0 Å². The molecule has 1 N–H and O–H groups in total. The van der Waals surface area contributed by atoms with E-state index in [1.165, 1.54) is 27.9 Å². The van der Waals surface area contributed by atoms with E-state index in [2.05, 4.69) is 30.0 Å². The minimum Gasteiger partial charge on any atom is -0.493 e. The number of para-hydroxylation sites is 1. The maximum Gasteiger partial charge on any atom is 0.283 e. The van der Waals surface area contributed by atoms with Crippen LogP contribution in [0.4, 0.5) is 0 Å². The number of ether oxygens (including phenoxy) is 2. The quantitative estimate of drug-likeness (QED) is 0.431. The number of carbonyl (C=O) groups excluding carboxylic acids is 1. The van der Waals surface area contributed by atoms with Gasteiger partial charge in [0.15, 0.2) is 5.84 Å². The number of hydrazone groups is 1. The Balaban J connectivity index is 1.40. The molecule has 2 aliphatic rings. The van der Waals surface area contributed by atoms with Crippen molar-refractivity contribution in [2.75, 3.05) is 13.2 Å². The van der Waals surface area contributed by atoms with Gasteiger partial charge in [0.25, 0.3) is 5.91 Å². The van der Waals surface area contributed by atoms with Gasteiger partial charge >= 0.3 is 0 Å². The highest BCUT2D eigenvalue weighted by Crippen LogP contribution is 2.30. The fourth-order valence-corrected chi connectivity index (χ4v) is 4.12. The zero-order valence-corrected chi connectivity index (χ0v) is 19.7. The number of nitrogens with one attached hydrogen (secondary N) is 1. The summed E-state index contributed by atoms with van der Waals surface area (Å²) in [5, 5.41) is 15.5. The molecule has 2 heterocycles. The van der Waals surface area contributed by atoms with Gasteiger partial charge in [-0.1, -0.05) is 31.2 Å². The van der Waals surface area contributed by atoms with Crippen molar-refractivity contribution >= 4 is 39.8 Å². The minimum atomic E-state index is -0.442. The number of fused-ring (bicyclic) bond motifs is 1. The van der Waals surface area contributed by atoms with Crippen LogP contribution >= 0.6 is 11.8 Å². The minimum absolute atomic E-state index is 0.0255. The van der Waals surface area contributed by atoms with Gasteiger partial charge in [0.2, 0.25) is 5.17 Å². The molecular weight excluding hydrogens is 436 g/mol. The molecule has 0 saturated carbocycles. The van der Waals surface area contributed by atoms with E-state index in [0.29, 0.717) is 36.1 Å². The summed E-state index contributed by atoms with van der Waals surface area (Å²) >= 11 is 1.33. The van der Waals surface area contributed by atoms with E-state index in [1.807, 2.05) is 43.3 Å². The molecule has 0 saturated heterocycles. The molecule has 7 nitrogen and oxygen atoms in total. The van der Waals surface area contributed by atoms with Crippen molar-refractivity contribution < 1.29 is 14.3 Å². The van der Waals surface area contributed by atoms with Crippen molar-refractivity contribution in [3.05, 3.63) is 64.7 Å². The Bertz CT molecular complexity index is 1190. The summed E-state index contributed by atoms with van der Waals surface area (Å²) in [4.78, 5) is 16.7. The number of carbonyl (C=O) groups is 1. The molecule has 0 spiro atoms. The van der Waals surface area contributed by atoms with Crippen molar-refractivity contribution in [3.63, 3.8) is 0 Å². The standard InChI is InChI=1S/C25H26N4O3S/c1-4-22-28-29-23(26)20(24(30)27-25(29)33-22)15-18-8-5-6-9-21(18)32-13-7-12-31-19-11-10-16(2)17(3)14-19/h5-6,8-11,14-15,26H,4,7,12-13H2,1-3H3/b20-15+,26-23?. The number of amides is 1. The van der Waals surface area contributed by atoms with Crippen LogP contribution in [0.3, 0.4) is 0 Å². The SMILES string of the molecule is CCC1=NN2C(=N)/C(=C\c3ccccc3OCCCOc3ccc(C)c(C)c3)C(=O)N=C2S1. The van der Waals surface area contributed by atoms with Gasteiger partial charge in [-0.3, -0.25) is 10.2 Å². The van der Waals surface area contributed by atoms with Gasteiger partial charge in [-0.05, 0) is 67.4 Å². The van der Waals surface area contributed by atoms with E-state index < -0.39 is 5.91 Å². The first-order chi connectivity index (χ1) is 16.0. The van der Waals surface area contributed by atoms with Crippen LogP contribution in [0.5, 0.6) is 11.5 Å². The molecule has 4 rings (SSSR count). The molecule has 8 heteroatoms. The van der Waals surface area contributed by atoms with Crippen LogP contribution in [0, 0.1) is 19.3 Å². The molecule has 33 heavy (non-hydrogen) atoms. The maximum atomic E-state index is 12.6. The van der Waals surface area contributed by atoms with E-state index in [9.17, 15) is 4.79 Å². The van der Waals surface area contributed by atoms with E-state index in [4.69, 9.17) is 14.9 Å². The summed E-state index contributed by atoms with van der Waals surface area (Å²) < 4.78 is 11.8. The van der Waals surface area contributed by atoms with E-state index in [1.54, 1.807) is 6.08 Å². The second-order valence-electron chi connectivity index (χ2n) is 7.70. The first kappa shape index (κ1) is 22.8. The number of aryl methyl sites for hydroxylation is 2. The van der Waals surface area contributed by atoms with E-state index >= 15 is 0 Å². The van der Waals surface area contributed by atoms with Gasteiger partial charge in [-0.2, -0.15) is 15.1 Å². The van der Waals surface area contributed by atoms with Gasteiger partial charge in [0, 0.05) is 12.0 Å². The lowest BCUT2D eigenvalue weighted by molar-refractivity contribution is -0.114. The number of hydrogen-bond donors (Lipinski definition) is 1. The molecular formula is C25H26N4O3S. The second kappa shape index (κ2) is 10.0. The Kier molecular flexibility index (Phi) is 6.93. The molecule has 0 unspecified atom stereocenters. The highest BCUT2D eigenvalue weighted by Gasteiger charge is 2.35. The number of aliphatic imine (C=N–C) groups is 1. The van der Waals surface area contributed by atoms with Gasteiger partial charge < -0.3 is 9.47 Å². The third-order valence-corrected chi connectivity index (χ3v) is 6.36. The molecule has 0 atom stereocenters. The van der Waals surface area contributed by atoms with Crippen molar-refractivity contribution in [1.82, 2.24) is 5.01 Å². The molecule has 170 valence electrons. The molecule has 0 fully saturated rings. The van der Waals surface area contributed by atoms with Gasteiger partial charge in [0.1, 0.15) is 16.5 Å². The molecule has 2 aliphatic heterocycles. The monoisotopic (exact) mass is 462 g/mol. The fourth-order valence-electron chi connectivity index (χ4n) is 3.30. The molecule has 0 aromatic heterocycles. The topological polar surface area (TPSA) is 87.3 Å².